The van der Waals surface area contributed by atoms with Crippen molar-refractivity contribution in [3.8, 4) is 0 Å². The summed E-state index contributed by atoms with van der Waals surface area (Å²) in [6, 6.07) is 0.133. The topological polar surface area (TPSA) is 38.3 Å². The van der Waals surface area contributed by atoms with Gasteiger partial charge in [0.15, 0.2) is 0 Å². The predicted molar refractivity (Wildman–Crippen MR) is 69.8 cm³/mol. The predicted octanol–water partition coefficient (Wildman–Crippen LogP) is 2.74. The molecule has 17 heavy (non-hydrogen) atoms. The monoisotopic (exact) mass is 241 g/mol. The molecule has 1 N–H and O–H groups in total. The molecule has 0 aromatic heterocycles. The van der Waals surface area contributed by atoms with Crippen LogP contribution in [0.15, 0.2) is 0 Å². The molecule has 0 amide bonds. The number of ether oxygens (including phenoxy) is 1. The van der Waals surface area contributed by atoms with E-state index >= 15 is 0 Å². The van der Waals surface area contributed by atoms with E-state index in [-0.39, 0.29) is 12.0 Å². The van der Waals surface area contributed by atoms with Crippen LogP contribution in [0.3, 0.4) is 0 Å². The van der Waals surface area contributed by atoms with E-state index in [0.717, 1.165) is 0 Å². The molecule has 0 aromatic rings. The van der Waals surface area contributed by atoms with Crippen molar-refractivity contribution in [1.29, 1.82) is 0 Å². The summed E-state index contributed by atoms with van der Waals surface area (Å²) in [7, 11) is 0. The Morgan fingerprint density at radius 3 is 2.18 bits per heavy atom. The lowest BCUT2D eigenvalue weighted by molar-refractivity contribution is -0.157. The average Bonchev–Trinajstić information content (AvgIpc) is 2.72. The first-order valence-corrected chi connectivity index (χ1v) is 6.52. The second-order valence-electron chi connectivity index (χ2n) is 7.01. The molecule has 1 fully saturated rings. The van der Waals surface area contributed by atoms with Crippen LogP contribution in [-0.2, 0) is 9.53 Å². The number of esters is 1. The van der Waals surface area contributed by atoms with E-state index in [2.05, 4.69) is 26.1 Å². The van der Waals surface area contributed by atoms with Gasteiger partial charge in [-0.25, -0.2) is 0 Å². The highest BCUT2D eigenvalue weighted by Gasteiger charge is 2.48. The van der Waals surface area contributed by atoms with Crippen LogP contribution in [0.5, 0.6) is 0 Å². The third kappa shape index (κ3) is 4.30. The molecule has 0 aromatic carbocycles. The summed E-state index contributed by atoms with van der Waals surface area (Å²) in [5, 5.41) is 3.35. The average molecular weight is 241 g/mol. The fraction of sp³-hybridized carbons (Fsp3) is 0.929. The van der Waals surface area contributed by atoms with Crippen LogP contribution in [0.25, 0.3) is 0 Å². The summed E-state index contributed by atoms with van der Waals surface area (Å²) in [5.41, 5.74) is 0.0230. The smallest absolute Gasteiger partial charge is 0.323 e. The van der Waals surface area contributed by atoms with Gasteiger partial charge in [-0.05, 0) is 52.4 Å². The lowest BCUT2D eigenvalue weighted by Crippen LogP contribution is -2.44. The van der Waals surface area contributed by atoms with Crippen LogP contribution in [0, 0.1) is 11.3 Å². The van der Waals surface area contributed by atoms with Gasteiger partial charge in [-0.15, -0.1) is 0 Å². The molecule has 1 rings (SSSR count). The second kappa shape index (κ2) is 4.60. The van der Waals surface area contributed by atoms with Crippen LogP contribution in [0.2, 0.25) is 0 Å². The Bertz CT molecular complexity index is 291. The van der Waals surface area contributed by atoms with Gasteiger partial charge in [0.1, 0.15) is 11.6 Å². The Morgan fingerprint density at radius 1 is 1.35 bits per heavy atom. The van der Waals surface area contributed by atoms with Gasteiger partial charge in [0, 0.05) is 6.04 Å². The van der Waals surface area contributed by atoms with E-state index in [1.54, 1.807) is 0 Å². The Balaban J connectivity index is 2.39. The van der Waals surface area contributed by atoms with Gasteiger partial charge in [0.25, 0.3) is 0 Å². The van der Waals surface area contributed by atoms with E-state index < -0.39 is 5.60 Å². The van der Waals surface area contributed by atoms with Gasteiger partial charge < -0.3 is 10.1 Å². The molecule has 0 aliphatic heterocycles. The van der Waals surface area contributed by atoms with Crippen molar-refractivity contribution in [3.63, 3.8) is 0 Å². The van der Waals surface area contributed by atoms with Gasteiger partial charge in [-0.1, -0.05) is 13.8 Å². The highest BCUT2D eigenvalue weighted by Crippen LogP contribution is 2.53. The molecule has 0 radical (unpaired) electrons. The number of rotatable bonds is 4. The summed E-state index contributed by atoms with van der Waals surface area (Å²) in [6.07, 6.45) is 1.24. The van der Waals surface area contributed by atoms with E-state index in [1.165, 1.54) is 6.42 Å². The Labute approximate surface area is 105 Å². The van der Waals surface area contributed by atoms with Crippen molar-refractivity contribution in [1.82, 2.24) is 5.32 Å². The molecule has 3 heteroatoms. The fourth-order valence-corrected chi connectivity index (χ4v) is 2.33. The summed E-state index contributed by atoms with van der Waals surface area (Å²) >= 11 is 0. The summed E-state index contributed by atoms with van der Waals surface area (Å²) in [4.78, 5) is 11.8. The summed E-state index contributed by atoms with van der Waals surface area (Å²) < 4.78 is 5.35. The van der Waals surface area contributed by atoms with Crippen LogP contribution in [0.4, 0.5) is 0 Å². The number of carbonyl (C=O) groups excluding carboxylic acids is 1. The molecule has 1 aliphatic rings. The lowest BCUT2D eigenvalue weighted by Gasteiger charge is -2.25. The first-order chi connectivity index (χ1) is 7.53. The van der Waals surface area contributed by atoms with Gasteiger partial charge in [-0.3, -0.25) is 4.79 Å². The second-order valence-corrected chi connectivity index (χ2v) is 7.01. The zero-order valence-corrected chi connectivity index (χ0v) is 12.3. The molecule has 1 aliphatic carbocycles. The van der Waals surface area contributed by atoms with Gasteiger partial charge >= 0.3 is 5.97 Å². The number of nitrogens with one attached hydrogen (secondary N) is 1. The van der Waals surface area contributed by atoms with E-state index in [1.807, 2.05) is 27.7 Å². The highest BCUT2D eigenvalue weighted by molar-refractivity contribution is 5.75. The van der Waals surface area contributed by atoms with Gasteiger partial charge in [0.05, 0.1) is 0 Å². The maximum Gasteiger partial charge on any atom is 0.323 e. The van der Waals surface area contributed by atoms with E-state index in [4.69, 9.17) is 4.74 Å². The minimum absolute atomic E-state index is 0.164. The molecule has 3 atom stereocenters. The molecule has 100 valence electrons. The molecular formula is C14H27NO2. The standard InChI is InChI=1S/C14H27NO2/c1-9(11-8-14(11,6)7)15-10(2)12(16)17-13(3,4)5/h9-11,15H,8H2,1-7H3/t9-,10+,11+/m1/s1. The van der Waals surface area contributed by atoms with E-state index in [0.29, 0.717) is 17.4 Å². The highest BCUT2D eigenvalue weighted by atomic mass is 16.6. The fourth-order valence-electron chi connectivity index (χ4n) is 2.33. The summed E-state index contributed by atoms with van der Waals surface area (Å²) in [6.45, 7) is 14.3. The normalized spacial score (nSPS) is 26.2. The molecule has 0 spiro atoms. The van der Waals surface area contributed by atoms with Gasteiger partial charge in [0.2, 0.25) is 0 Å². The first-order valence-electron chi connectivity index (χ1n) is 6.52. The molecule has 3 nitrogen and oxygen atoms in total. The molecule has 0 saturated heterocycles. The van der Waals surface area contributed by atoms with E-state index in [9.17, 15) is 4.79 Å². The number of hydrogen-bond acceptors (Lipinski definition) is 3. The van der Waals surface area contributed by atoms with Crippen molar-refractivity contribution in [2.45, 2.75) is 72.6 Å². The first kappa shape index (κ1) is 14.5. The quantitative estimate of drug-likeness (QED) is 0.769. The number of carbonyl (C=O) groups is 1. The molecule has 0 bridgehead atoms. The van der Waals surface area contributed by atoms with Crippen molar-refractivity contribution in [2.24, 2.45) is 11.3 Å². The van der Waals surface area contributed by atoms with Crippen molar-refractivity contribution in [2.75, 3.05) is 0 Å². The maximum atomic E-state index is 11.8. The van der Waals surface area contributed by atoms with Crippen LogP contribution in [0.1, 0.15) is 54.9 Å². The number of hydrogen-bond donors (Lipinski definition) is 1. The molecule has 1 saturated carbocycles. The van der Waals surface area contributed by atoms with Crippen molar-refractivity contribution in [3.05, 3.63) is 0 Å². The largest absolute Gasteiger partial charge is 0.459 e. The zero-order chi connectivity index (χ0) is 13.4. The van der Waals surface area contributed by atoms with Crippen molar-refractivity contribution >= 4 is 5.97 Å². The van der Waals surface area contributed by atoms with Crippen LogP contribution >= 0.6 is 0 Å². The SMILES string of the molecule is C[C@H](N[C@H](C)[C@@H]1CC1(C)C)C(=O)OC(C)(C)C. The van der Waals surface area contributed by atoms with Gasteiger partial charge in [-0.2, -0.15) is 0 Å². The van der Waals surface area contributed by atoms with Crippen LogP contribution < -0.4 is 5.32 Å². The minimum atomic E-state index is -0.408. The molecule has 0 heterocycles. The third-order valence-corrected chi connectivity index (χ3v) is 3.47. The zero-order valence-electron chi connectivity index (χ0n) is 12.3. The lowest BCUT2D eigenvalue weighted by atomic mass is 10.0. The Hall–Kier alpha value is -0.570. The maximum absolute atomic E-state index is 11.8. The molecular weight excluding hydrogens is 214 g/mol. The Morgan fingerprint density at radius 2 is 1.82 bits per heavy atom. The molecule has 0 unspecified atom stereocenters. The summed E-state index contributed by atoms with van der Waals surface area (Å²) in [5.74, 6) is 0.509. The third-order valence-electron chi connectivity index (χ3n) is 3.47. The van der Waals surface area contributed by atoms with Crippen molar-refractivity contribution < 1.29 is 9.53 Å². The Kier molecular flexibility index (Phi) is 3.92. The minimum Gasteiger partial charge on any atom is -0.459 e. The van der Waals surface area contributed by atoms with Crippen LogP contribution in [-0.4, -0.2) is 23.7 Å².